The van der Waals surface area contributed by atoms with E-state index in [1.807, 2.05) is 6.92 Å². The first-order valence-electron chi connectivity index (χ1n) is 10.4. The molecule has 0 fully saturated rings. The molecular formula is C23H19ClF3N5O3. The third-order valence-electron chi connectivity index (χ3n) is 5.40. The van der Waals surface area contributed by atoms with Gasteiger partial charge in [-0.1, -0.05) is 11.6 Å². The van der Waals surface area contributed by atoms with E-state index in [-0.39, 0.29) is 29.2 Å². The summed E-state index contributed by atoms with van der Waals surface area (Å²) >= 11 is 6.07. The standard InChI is InChI=1S/C23H19ClF3N5O3/c1-12-5-15(8-28-7-12)20(33)31-19-17-10-32(22(34)16(17)3-4-29-19)13(2)14-6-18(24)21(30-9-14)35-11-23(25,26)27/h3-9,13H,10-11H2,1-2H3,(H,29,31,33). The van der Waals surface area contributed by atoms with E-state index < -0.39 is 24.7 Å². The summed E-state index contributed by atoms with van der Waals surface area (Å²) in [4.78, 5) is 39.4. The van der Waals surface area contributed by atoms with Crippen molar-refractivity contribution in [3.63, 3.8) is 0 Å². The van der Waals surface area contributed by atoms with Gasteiger partial charge in [0.15, 0.2) is 6.61 Å². The van der Waals surface area contributed by atoms with Gasteiger partial charge in [0.05, 0.1) is 18.2 Å². The Kier molecular flexibility index (Phi) is 6.62. The van der Waals surface area contributed by atoms with Crippen LogP contribution in [0, 0.1) is 6.92 Å². The number of aromatic nitrogens is 3. The number of hydrogen-bond donors (Lipinski definition) is 1. The highest BCUT2D eigenvalue weighted by molar-refractivity contribution is 6.31. The fourth-order valence-corrected chi connectivity index (χ4v) is 3.86. The van der Waals surface area contributed by atoms with Crippen LogP contribution < -0.4 is 10.1 Å². The first-order valence-corrected chi connectivity index (χ1v) is 10.8. The first kappa shape index (κ1) is 24.4. The van der Waals surface area contributed by atoms with E-state index in [2.05, 4.69) is 25.0 Å². The molecule has 35 heavy (non-hydrogen) atoms. The summed E-state index contributed by atoms with van der Waals surface area (Å²) in [6, 6.07) is 4.13. The van der Waals surface area contributed by atoms with Crippen molar-refractivity contribution in [1.82, 2.24) is 19.9 Å². The Labute approximate surface area is 203 Å². The Hall–Kier alpha value is -3.73. The molecule has 0 aliphatic carbocycles. The topological polar surface area (TPSA) is 97.3 Å². The zero-order valence-electron chi connectivity index (χ0n) is 18.6. The van der Waals surface area contributed by atoms with Crippen molar-refractivity contribution in [2.24, 2.45) is 0 Å². The normalized spacial score (nSPS) is 14.0. The fraction of sp³-hybridized carbons (Fsp3) is 0.261. The molecular weight excluding hydrogens is 487 g/mol. The monoisotopic (exact) mass is 505 g/mol. The summed E-state index contributed by atoms with van der Waals surface area (Å²) in [6.07, 6.45) is 1.28. The molecule has 1 atom stereocenters. The molecule has 0 saturated heterocycles. The number of anilines is 1. The Morgan fingerprint density at radius 3 is 2.71 bits per heavy atom. The van der Waals surface area contributed by atoms with Crippen LogP contribution in [0.1, 0.15) is 50.4 Å². The maximum absolute atomic E-state index is 13.1. The average molecular weight is 506 g/mol. The molecule has 1 aliphatic heterocycles. The molecule has 182 valence electrons. The van der Waals surface area contributed by atoms with Gasteiger partial charge in [0, 0.05) is 35.9 Å². The lowest BCUT2D eigenvalue weighted by atomic mass is 10.1. The van der Waals surface area contributed by atoms with Crippen molar-refractivity contribution >= 4 is 29.2 Å². The van der Waals surface area contributed by atoms with Gasteiger partial charge in [0.1, 0.15) is 10.8 Å². The average Bonchev–Trinajstić information content (AvgIpc) is 3.14. The summed E-state index contributed by atoms with van der Waals surface area (Å²) in [7, 11) is 0. The van der Waals surface area contributed by atoms with E-state index in [0.29, 0.717) is 22.3 Å². The lowest BCUT2D eigenvalue weighted by Gasteiger charge is -2.25. The number of carbonyl (C=O) groups excluding carboxylic acids is 2. The molecule has 0 aromatic carbocycles. The van der Waals surface area contributed by atoms with Gasteiger partial charge in [-0.05, 0) is 43.2 Å². The van der Waals surface area contributed by atoms with Gasteiger partial charge in [-0.3, -0.25) is 14.6 Å². The number of alkyl halides is 3. The maximum atomic E-state index is 13.1. The lowest BCUT2D eigenvalue weighted by molar-refractivity contribution is -0.154. The number of hydrogen-bond acceptors (Lipinski definition) is 6. The Balaban J connectivity index is 1.52. The van der Waals surface area contributed by atoms with Crippen molar-refractivity contribution in [1.29, 1.82) is 0 Å². The van der Waals surface area contributed by atoms with E-state index in [1.54, 1.807) is 25.3 Å². The lowest BCUT2D eigenvalue weighted by Crippen LogP contribution is -2.27. The molecule has 4 heterocycles. The second-order valence-corrected chi connectivity index (χ2v) is 8.37. The first-order chi connectivity index (χ1) is 16.5. The molecule has 0 spiro atoms. The van der Waals surface area contributed by atoms with Gasteiger partial charge in [-0.25, -0.2) is 9.97 Å². The number of carbonyl (C=O) groups is 2. The van der Waals surface area contributed by atoms with Crippen LogP contribution in [0.5, 0.6) is 5.88 Å². The summed E-state index contributed by atoms with van der Waals surface area (Å²) < 4.78 is 41.9. The third kappa shape index (κ3) is 5.35. The SMILES string of the molecule is Cc1cncc(C(=O)Nc2nccc3c2CN(C(C)c2cnc(OCC(F)(F)F)c(Cl)c2)C3=O)c1. The van der Waals surface area contributed by atoms with Crippen LogP contribution in [-0.4, -0.2) is 44.4 Å². The number of nitrogens with one attached hydrogen (secondary N) is 1. The molecule has 12 heteroatoms. The largest absolute Gasteiger partial charge is 0.467 e. The molecule has 4 rings (SSSR count). The number of ether oxygens (including phenoxy) is 1. The highest BCUT2D eigenvalue weighted by Gasteiger charge is 2.34. The Bertz CT molecular complexity index is 1300. The predicted molar refractivity (Wildman–Crippen MR) is 120 cm³/mol. The number of aryl methyl sites for hydroxylation is 1. The number of pyridine rings is 3. The van der Waals surface area contributed by atoms with E-state index in [9.17, 15) is 22.8 Å². The van der Waals surface area contributed by atoms with Gasteiger partial charge in [-0.2, -0.15) is 13.2 Å². The fourth-order valence-electron chi connectivity index (χ4n) is 3.63. The molecule has 2 amide bonds. The van der Waals surface area contributed by atoms with Gasteiger partial charge < -0.3 is 15.0 Å². The Morgan fingerprint density at radius 2 is 2.03 bits per heavy atom. The molecule has 0 bridgehead atoms. The zero-order valence-corrected chi connectivity index (χ0v) is 19.3. The van der Waals surface area contributed by atoms with Crippen LogP contribution in [0.15, 0.2) is 43.0 Å². The molecule has 3 aromatic heterocycles. The minimum absolute atomic E-state index is 0.107. The smallest absolute Gasteiger partial charge is 0.422 e. The third-order valence-corrected chi connectivity index (χ3v) is 5.67. The second-order valence-electron chi connectivity index (χ2n) is 7.96. The van der Waals surface area contributed by atoms with Crippen LogP contribution in [0.25, 0.3) is 0 Å². The molecule has 1 unspecified atom stereocenters. The molecule has 0 saturated carbocycles. The number of halogens is 4. The van der Waals surface area contributed by atoms with Gasteiger partial charge in [0.25, 0.3) is 11.8 Å². The van der Waals surface area contributed by atoms with Crippen LogP contribution in [0.2, 0.25) is 5.02 Å². The van der Waals surface area contributed by atoms with Crippen LogP contribution >= 0.6 is 11.6 Å². The van der Waals surface area contributed by atoms with Gasteiger partial charge in [0.2, 0.25) is 5.88 Å². The van der Waals surface area contributed by atoms with Crippen molar-refractivity contribution in [2.75, 3.05) is 11.9 Å². The minimum atomic E-state index is -4.53. The molecule has 1 aliphatic rings. The second kappa shape index (κ2) is 9.49. The molecule has 3 aromatic rings. The highest BCUT2D eigenvalue weighted by atomic mass is 35.5. The van der Waals surface area contributed by atoms with Crippen molar-refractivity contribution < 1.29 is 27.5 Å². The molecule has 8 nitrogen and oxygen atoms in total. The molecule has 0 radical (unpaired) electrons. The molecule has 1 N–H and O–H groups in total. The predicted octanol–water partition coefficient (Wildman–Crippen LogP) is 4.74. The van der Waals surface area contributed by atoms with Crippen molar-refractivity contribution in [3.8, 4) is 5.88 Å². The van der Waals surface area contributed by atoms with E-state index in [0.717, 1.165) is 5.56 Å². The number of nitrogens with zero attached hydrogens (tertiary/aromatic N) is 4. The maximum Gasteiger partial charge on any atom is 0.422 e. The van der Waals surface area contributed by atoms with E-state index in [4.69, 9.17) is 11.6 Å². The quantitative estimate of drug-likeness (QED) is 0.519. The summed E-state index contributed by atoms with van der Waals surface area (Å²) in [5.74, 6) is -0.803. The van der Waals surface area contributed by atoms with Gasteiger partial charge >= 0.3 is 6.18 Å². The zero-order chi connectivity index (χ0) is 25.3. The van der Waals surface area contributed by atoms with E-state index in [1.165, 1.54) is 29.6 Å². The Morgan fingerprint density at radius 1 is 1.26 bits per heavy atom. The van der Waals surface area contributed by atoms with Crippen LogP contribution in [-0.2, 0) is 6.54 Å². The summed E-state index contributed by atoms with van der Waals surface area (Å²) in [5.41, 5.74) is 2.60. The summed E-state index contributed by atoms with van der Waals surface area (Å²) in [5, 5.41) is 2.63. The van der Waals surface area contributed by atoms with Crippen LogP contribution in [0.3, 0.4) is 0 Å². The number of fused-ring (bicyclic) bond motifs is 1. The highest BCUT2D eigenvalue weighted by Crippen LogP contribution is 2.35. The van der Waals surface area contributed by atoms with Crippen molar-refractivity contribution in [3.05, 3.63) is 75.8 Å². The van der Waals surface area contributed by atoms with Crippen molar-refractivity contribution in [2.45, 2.75) is 32.6 Å². The number of rotatable bonds is 6. The minimum Gasteiger partial charge on any atom is -0.467 e. The van der Waals surface area contributed by atoms with E-state index >= 15 is 0 Å². The van der Waals surface area contributed by atoms with Gasteiger partial charge in [-0.15, -0.1) is 0 Å². The number of amides is 2. The summed E-state index contributed by atoms with van der Waals surface area (Å²) in [6.45, 7) is 2.18. The van der Waals surface area contributed by atoms with Crippen LogP contribution in [0.4, 0.5) is 19.0 Å².